The Morgan fingerprint density at radius 3 is 2.74 bits per heavy atom. The molecular formula is C14H21ClN2O2. The zero-order valence-corrected chi connectivity index (χ0v) is 12.3. The van der Waals surface area contributed by atoms with E-state index in [0.717, 1.165) is 5.56 Å². The van der Waals surface area contributed by atoms with Crippen molar-refractivity contribution in [2.45, 2.75) is 32.9 Å². The molecule has 0 aliphatic carbocycles. The number of amides is 1. The molecule has 0 aliphatic rings. The van der Waals surface area contributed by atoms with Gasteiger partial charge in [0, 0.05) is 29.6 Å². The number of nitrogens with two attached hydrogens (primary N) is 1. The molecule has 5 heteroatoms. The van der Waals surface area contributed by atoms with E-state index in [1.165, 1.54) is 0 Å². The molecule has 106 valence electrons. The van der Waals surface area contributed by atoms with Crippen LogP contribution in [0.4, 0.5) is 0 Å². The summed E-state index contributed by atoms with van der Waals surface area (Å²) in [5.74, 6) is 0.865. The highest BCUT2D eigenvalue weighted by atomic mass is 35.5. The number of ether oxygens (including phenoxy) is 1. The van der Waals surface area contributed by atoms with E-state index in [9.17, 15) is 4.79 Å². The van der Waals surface area contributed by atoms with Crippen LogP contribution in [0.25, 0.3) is 0 Å². The van der Waals surface area contributed by atoms with Gasteiger partial charge in [-0.1, -0.05) is 31.5 Å². The van der Waals surface area contributed by atoms with E-state index in [2.05, 4.69) is 5.32 Å². The topological polar surface area (TPSA) is 64.3 Å². The summed E-state index contributed by atoms with van der Waals surface area (Å²) < 4.78 is 5.22. The van der Waals surface area contributed by atoms with Crippen molar-refractivity contribution in [3.05, 3.63) is 28.8 Å². The van der Waals surface area contributed by atoms with Gasteiger partial charge in [0.05, 0.1) is 7.11 Å². The van der Waals surface area contributed by atoms with Gasteiger partial charge in [0.15, 0.2) is 0 Å². The Kier molecular flexibility index (Phi) is 6.12. The molecule has 1 amide bonds. The van der Waals surface area contributed by atoms with Crippen molar-refractivity contribution in [2.24, 2.45) is 11.7 Å². The van der Waals surface area contributed by atoms with Gasteiger partial charge in [-0.15, -0.1) is 0 Å². The Labute approximate surface area is 119 Å². The smallest absolute Gasteiger partial charge is 0.221 e. The fourth-order valence-corrected chi connectivity index (χ4v) is 1.84. The van der Waals surface area contributed by atoms with Crippen LogP contribution in [0, 0.1) is 5.92 Å². The van der Waals surface area contributed by atoms with Crippen LogP contribution in [0.1, 0.15) is 25.8 Å². The lowest BCUT2D eigenvalue weighted by Crippen LogP contribution is -2.34. The highest BCUT2D eigenvalue weighted by Crippen LogP contribution is 2.25. The minimum Gasteiger partial charge on any atom is -0.496 e. The molecule has 19 heavy (non-hydrogen) atoms. The van der Waals surface area contributed by atoms with Crippen molar-refractivity contribution in [3.8, 4) is 5.75 Å². The molecule has 0 saturated heterocycles. The highest BCUT2D eigenvalue weighted by Gasteiger charge is 2.14. The highest BCUT2D eigenvalue weighted by molar-refractivity contribution is 6.31. The summed E-state index contributed by atoms with van der Waals surface area (Å²) in [5, 5.41) is 3.39. The molecule has 1 aromatic rings. The molecule has 1 rings (SSSR count). The first kappa shape index (κ1) is 15.8. The molecule has 0 radical (unpaired) electrons. The summed E-state index contributed by atoms with van der Waals surface area (Å²) in [4.78, 5) is 11.8. The summed E-state index contributed by atoms with van der Waals surface area (Å²) in [5.41, 5.74) is 6.64. The third-order valence-electron chi connectivity index (χ3n) is 3.04. The molecule has 0 spiro atoms. The number of benzene rings is 1. The zero-order valence-electron chi connectivity index (χ0n) is 11.6. The number of carbonyl (C=O) groups excluding carboxylic acids is 1. The lowest BCUT2D eigenvalue weighted by molar-refractivity contribution is -0.121. The maximum Gasteiger partial charge on any atom is 0.221 e. The van der Waals surface area contributed by atoms with E-state index in [1.54, 1.807) is 19.2 Å². The van der Waals surface area contributed by atoms with Crippen molar-refractivity contribution in [1.29, 1.82) is 0 Å². The van der Waals surface area contributed by atoms with E-state index in [4.69, 9.17) is 22.1 Å². The summed E-state index contributed by atoms with van der Waals surface area (Å²) >= 11 is 6.09. The fraction of sp³-hybridized carbons (Fsp3) is 0.500. The molecule has 4 nitrogen and oxygen atoms in total. The molecule has 0 heterocycles. The van der Waals surface area contributed by atoms with Gasteiger partial charge in [0.25, 0.3) is 0 Å². The predicted octanol–water partition coefficient (Wildman–Crippen LogP) is 2.34. The molecule has 0 aliphatic heterocycles. The third-order valence-corrected chi connectivity index (χ3v) is 3.39. The Morgan fingerprint density at radius 1 is 1.47 bits per heavy atom. The lowest BCUT2D eigenvalue weighted by atomic mass is 10.0. The first-order valence-corrected chi connectivity index (χ1v) is 6.67. The van der Waals surface area contributed by atoms with Gasteiger partial charge in [-0.25, -0.2) is 0 Å². The molecule has 0 aromatic heterocycles. The summed E-state index contributed by atoms with van der Waals surface area (Å²) in [6.07, 6.45) is 0.310. The van der Waals surface area contributed by atoms with Crippen LogP contribution < -0.4 is 15.8 Å². The second-order valence-corrected chi connectivity index (χ2v) is 5.22. The maximum absolute atomic E-state index is 11.8. The second-order valence-electron chi connectivity index (χ2n) is 4.81. The van der Waals surface area contributed by atoms with Crippen molar-refractivity contribution in [3.63, 3.8) is 0 Å². The first-order chi connectivity index (χ1) is 8.95. The second kappa shape index (κ2) is 7.36. The fourth-order valence-electron chi connectivity index (χ4n) is 1.61. The van der Waals surface area contributed by atoms with Gasteiger partial charge < -0.3 is 15.8 Å². The average molecular weight is 285 g/mol. The number of nitrogens with one attached hydrogen (secondary N) is 1. The zero-order chi connectivity index (χ0) is 14.4. The molecular weight excluding hydrogens is 264 g/mol. The van der Waals surface area contributed by atoms with Crippen LogP contribution in [-0.2, 0) is 11.3 Å². The normalized spacial score (nSPS) is 12.3. The largest absolute Gasteiger partial charge is 0.496 e. The van der Waals surface area contributed by atoms with E-state index in [1.807, 2.05) is 19.9 Å². The maximum atomic E-state index is 11.8. The van der Waals surface area contributed by atoms with Gasteiger partial charge in [0.2, 0.25) is 5.91 Å². The number of hydrogen-bond acceptors (Lipinski definition) is 3. The number of carbonyl (C=O) groups is 1. The first-order valence-electron chi connectivity index (χ1n) is 6.29. The van der Waals surface area contributed by atoms with Crippen LogP contribution in [0.5, 0.6) is 5.75 Å². The average Bonchev–Trinajstić information content (AvgIpc) is 2.36. The van der Waals surface area contributed by atoms with Gasteiger partial charge >= 0.3 is 0 Å². The van der Waals surface area contributed by atoms with Gasteiger partial charge in [-0.05, 0) is 18.1 Å². The molecule has 1 atom stereocenters. The van der Waals surface area contributed by atoms with E-state index in [-0.39, 0.29) is 17.9 Å². The van der Waals surface area contributed by atoms with Gasteiger partial charge in [-0.3, -0.25) is 4.79 Å². The Balaban J connectivity index is 2.60. The minimum absolute atomic E-state index is 0.0804. The molecule has 0 bridgehead atoms. The van der Waals surface area contributed by atoms with Crippen molar-refractivity contribution in [2.75, 3.05) is 7.11 Å². The van der Waals surface area contributed by atoms with Crippen LogP contribution in [-0.4, -0.2) is 19.1 Å². The molecule has 0 saturated carbocycles. The molecule has 1 aromatic carbocycles. The standard InChI is InChI=1S/C14H21ClN2O2/c1-9(2)12(16)7-14(18)17-8-10-11(15)5-4-6-13(10)19-3/h4-6,9,12H,7-8,16H2,1-3H3,(H,17,18). The molecule has 0 fully saturated rings. The van der Waals surface area contributed by atoms with E-state index >= 15 is 0 Å². The van der Waals surface area contributed by atoms with Crippen molar-refractivity contribution < 1.29 is 9.53 Å². The molecule has 1 unspecified atom stereocenters. The van der Waals surface area contributed by atoms with Crippen molar-refractivity contribution >= 4 is 17.5 Å². The van der Waals surface area contributed by atoms with Gasteiger partial charge in [-0.2, -0.15) is 0 Å². The van der Waals surface area contributed by atoms with E-state index in [0.29, 0.717) is 23.7 Å². The summed E-state index contributed by atoms with van der Waals surface area (Å²) in [7, 11) is 1.58. The van der Waals surface area contributed by atoms with Gasteiger partial charge in [0.1, 0.15) is 5.75 Å². The van der Waals surface area contributed by atoms with Crippen molar-refractivity contribution in [1.82, 2.24) is 5.32 Å². The minimum atomic E-state index is -0.131. The molecule has 3 N–H and O–H groups in total. The predicted molar refractivity (Wildman–Crippen MR) is 77.3 cm³/mol. The lowest BCUT2D eigenvalue weighted by Gasteiger charge is -2.16. The van der Waals surface area contributed by atoms with Crippen LogP contribution in [0.2, 0.25) is 5.02 Å². The van der Waals surface area contributed by atoms with Crippen LogP contribution in [0.15, 0.2) is 18.2 Å². The third kappa shape index (κ3) is 4.73. The Bertz CT molecular complexity index is 435. The number of rotatable bonds is 6. The summed E-state index contributed by atoms with van der Waals surface area (Å²) in [6.45, 7) is 4.33. The quantitative estimate of drug-likeness (QED) is 0.843. The summed E-state index contributed by atoms with van der Waals surface area (Å²) in [6, 6.07) is 5.26. The van der Waals surface area contributed by atoms with E-state index < -0.39 is 0 Å². The SMILES string of the molecule is COc1cccc(Cl)c1CNC(=O)CC(N)C(C)C. The Hall–Kier alpha value is -1.26. The Morgan fingerprint density at radius 2 is 2.16 bits per heavy atom. The number of methoxy groups -OCH3 is 1. The monoisotopic (exact) mass is 284 g/mol. The number of halogens is 1. The number of hydrogen-bond donors (Lipinski definition) is 2. The van der Waals surface area contributed by atoms with Crippen LogP contribution >= 0.6 is 11.6 Å². The van der Waals surface area contributed by atoms with Crippen LogP contribution in [0.3, 0.4) is 0 Å².